The fraction of sp³-hybridized carbons (Fsp3) is 0.625. The highest BCUT2D eigenvalue weighted by atomic mass is 32.2. The fourth-order valence-corrected chi connectivity index (χ4v) is 5.01. The molecule has 0 heterocycles. The van der Waals surface area contributed by atoms with Crippen LogP contribution in [0.2, 0.25) is 0 Å². The van der Waals surface area contributed by atoms with E-state index >= 15 is 0 Å². The van der Waals surface area contributed by atoms with Gasteiger partial charge in [-0.05, 0) is 51.6 Å². The average Bonchev–Trinajstić information content (AvgIpc) is 3.26. The van der Waals surface area contributed by atoms with E-state index in [0.717, 1.165) is 25.0 Å². The molecule has 2 N–H and O–H groups in total. The van der Waals surface area contributed by atoms with Crippen LogP contribution in [0.3, 0.4) is 0 Å². The lowest BCUT2D eigenvalue weighted by atomic mass is 9.93. The maximum atomic E-state index is 12.9. The van der Waals surface area contributed by atoms with E-state index in [1.54, 1.807) is 14.1 Å². The predicted molar refractivity (Wildman–Crippen MR) is 88.5 cm³/mol. The van der Waals surface area contributed by atoms with E-state index in [9.17, 15) is 26.7 Å². The minimum absolute atomic E-state index is 0.0584. The highest BCUT2D eigenvalue weighted by Crippen LogP contribution is 2.41. The van der Waals surface area contributed by atoms with Crippen LogP contribution in [0.5, 0.6) is 0 Å². The van der Waals surface area contributed by atoms with Gasteiger partial charge in [0.15, 0.2) is 0 Å². The van der Waals surface area contributed by atoms with Crippen LogP contribution in [0.1, 0.15) is 30.9 Å². The minimum atomic E-state index is -4.55. The normalized spacial score (nSPS) is 19.7. The molecule has 1 aliphatic rings. The first-order chi connectivity index (χ1) is 11.3. The highest BCUT2D eigenvalue weighted by molar-refractivity contribution is 7.89. The summed E-state index contributed by atoms with van der Waals surface area (Å²) in [6.07, 6.45) is -3.07. The van der Waals surface area contributed by atoms with Gasteiger partial charge in [0.1, 0.15) is 0 Å². The van der Waals surface area contributed by atoms with Crippen molar-refractivity contribution < 1.29 is 26.7 Å². The maximum absolute atomic E-state index is 12.9. The molecule has 1 unspecified atom stereocenters. The van der Waals surface area contributed by atoms with Crippen molar-refractivity contribution in [2.75, 3.05) is 26.5 Å². The van der Waals surface area contributed by atoms with Crippen LogP contribution >= 0.6 is 0 Å². The summed E-state index contributed by atoms with van der Waals surface area (Å²) in [6, 6.07) is 4.33. The van der Waals surface area contributed by atoms with Crippen molar-refractivity contribution in [1.29, 1.82) is 0 Å². The molecule has 0 bridgehead atoms. The van der Waals surface area contributed by atoms with E-state index in [4.69, 9.17) is 0 Å². The van der Waals surface area contributed by atoms with E-state index in [-0.39, 0.29) is 11.3 Å². The Morgan fingerprint density at radius 1 is 1.24 bits per heavy atom. The minimum Gasteiger partial charge on any atom is -0.394 e. The summed E-state index contributed by atoms with van der Waals surface area (Å²) in [5.41, 5.74) is -2.82. The Morgan fingerprint density at radius 2 is 1.80 bits per heavy atom. The quantitative estimate of drug-likeness (QED) is 0.758. The molecule has 1 atom stereocenters. The number of benzene rings is 1. The van der Waals surface area contributed by atoms with Gasteiger partial charge in [-0.15, -0.1) is 0 Å². The van der Waals surface area contributed by atoms with Crippen LogP contribution in [-0.4, -0.2) is 50.4 Å². The number of aliphatic hydroxyl groups is 1. The average molecular weight is 380 g/mol. The molecule has 1 saturated carbocycles. The number of nitrogens with one attached hydrogen (secondary N) is 1. The predicted octanol–water partition coefficient (Wildman–Crippen LogP) is 1.93. The highest BCUT2D eigenvalue weighted by Gasteiger charge is 2.49. The third-order valence-electron chi connectivity index (χ3n) is 4.76. The topological polar surface area (TPSA) is 69.6 Å². The molecular weight excluding hydrogens is 357 g/mol. The molecule has 25 heavy (non-hydrogen) atoms. The van der Waals surface area contributed by atoms with Crippen molar-refractivity contribution in [3.63, 3.8) is 0 Å². The molecule has 1 aromatic rings. The number of sulfonamides is 1. The lowest BCUT2D eigenvalue weighted by molar-refractivity contribution is -0.137. The Hall–Kier alpha value is -1.16. The molecule has 0 aliphatic heterocycles. The van der Waals surface area contributed by atoms with Gasteiger partial charge in [0.25, 0.3) is 0 Å². The summed E-state index contributed by atoms with van der Waals surface area (Å²) < 4.78 is 66.2. The molecule has 0 spiro atoms. The molecular formula is C16H23F3N2O3S. The first-order valence-corrected chi connectivity index (χ1v) is 9.47. The van der Waals surface area contributed by atoms with E-state index in [0.29, 0.717) is 0 Å². The van der Waals surface area contributed by atoms with Crippen LogP contribution in [0, 0.1) is 0 Å². The van der Waals surface area contributed by atoms with Crippen LogP contribution in [0.15, 0.2) is 24.3 Å². The molecule has 142 valence electrons. The SMILES string of the molecule is CN(C)C1(CS(=O)(=O)NC(C)(CO)c2cccc(C(F)(F)F)c2)CC1. The van der Waals surface area contributed by atoms with Crippen molar-refractivity contribution in [3.8, 4) is 0 Å². The van der Waals surface area contributed by atoms with Gasteiger partial charge >= 0.3 is 6.18 Å². The summed E-state index contributed by atoms with van der Waals surface area (Å²) in [6.45, 7) is 0.706. The smallest absolute Gasteiger partial charge is 0.394 e. The molecule has 9 heteroatoms. The zero-order chi connectivity index (χ0) is 19.1. The number of alkyl halides is 3. The zero-order valence-corrected chi connectivity index (χ0v) is 15.2. The number of hydrogen-bond acceptors (Lipinski definition) is 4. The Balaban J connectivity index is 2.28. The van der Waals surface area contributed by atoms with Gasteiger partial charge in [-0.1, -0.05) is 12.1 Å². The Bertz CT molecular complexity index is 730. The third-order valence-corrected chi connectivity index (χ3v) is 6.44. The van der Waals surface area contributed by atoms with Gasteiger partial charge in [0, 0.05) is 5.54 Å². The summed E-state index contributed by atoms with van der Waals surface area (Å²) >= 11 is 0. The Labute approximate surface area is 145 Å². The second-order valence-electron chi connectivity index (χ2n) is 7.05. The first-order valence-electron chi connectivity index (χ1n) is 7.81. The molecule has 0 amide bonds. The number of rotatable bonds is 7. The second-order valence-corrected chi connectivity index (χ2v) is 8.77. The van der Waals surface area contributed by atoms with Crippen molar-refractivity contribution in [3.05, 3.63) is 35.4 Å². The van der Waals surface area contributed by atoms with E-state index < -0.39 is 39.4 Å². The molecule has 1 aliphatic carbocycles. The second kappa shape index (κ2) is 6.53. The number of aliphatic hydroxyl groups excluding tert-OH is 1. The lowest BCUT2D eigenvalue weighted by Crippen LogP contribution is -2.50. The molecule has 1 fully saturated rings. The Morgan fingerprint density at radius 3 is 2.24 bits per heavy atom. The summed E-state index contributed by atoms with van der Waals surface area (Å²) in [5, 5.41) is 9.70. The van der Waals surface area contributed by atoms with Gasteiger partial charge < -0.3 is 10.0 Å². The maximum Gasteiger partial charge on any atom is 0.416 e. The zero-order valence-electron chi connectivity index (χ0n) is 14.4. The molecule has 0 saturated heterocycles. The summed E-state index contributed by atoms with van der Waals surface area (Å²) in [5.74, 6) is -0.165. The number of nitrogens with zero attached hydrogens (tertiary/aromatic N) is 1. The summed E-state index contributed by atoms with van der Waals surface area (Å²) in [4.78, 5) is 1.84. The van der Waals surface area contributed by atoms with Gasteiger partial charge in [0.2, 0.25) is 10.0 Å². The van der Waals surface area contributed by atoms with E-state index in [2.05, 4.69) is 4.72 Å². The van der Waals surface area contributed by atoms with Crippen molar-refractivity contribution >= 4 is 10.0 Å². The molecule has 0 aromatic heterocycles. The van der Waals surface area contributed by atoms with Gasteiger partial charge in [-0.3, -0.25) is 0 Å². The first kappa shape index (κ1) is 20.2. The fourth-order valence-electron chi connectivity index (χ4n) is 2.82. The van der Waals surface area contributed by atoms with Crippen molar-refractivity contribution in [2.24, 2.45) is 0 Å². The van der Waals surface area contributed by atoms with Crippen LogP contribution < -0.4 is 4.72 Å². The standard InChI is InChI=1S/C16H23F3N2O3S/c1-14(10-22,12-5-4-6-13(9-12)16(17,18)19)20-25(23,24)11-15(7-8-15)21(2)3/h4-6,9,20,22H,7-8,10-11H2,1-3H3. The van der Waals surface area contributed by atoms with Crippen LogP contribution in [0.4, 0.5) is 13.2 Å². The number of hydrogen-bond donors (Lipinski definition) is 2. The van der Waals surface area contributed by atoms with E-state index in [1.165, 1.54) is 19.1 Å². The van der Waals surface area contributed by atoms with Crippen LogP contribution in [-0.2, 0) is 21.7 Å². The summed E-state index contributed by atoms with van der Waals surface area (Å²) in [7, 11) is -0.236. The molecule has 5 nitrogen and oxygen atoms in total. The number of halogens is 3. The Kier molecular flexibility index (Phi) is 5.27. The largest absolute Gasteiger partial charge is 0.416 e. The molecule has 0 radical (unpaired) electrons. The van der Waals surface area contributed by atoms with Gasteiger partial charge in [-0.2, -0.15) is 13.2 Å². The molecule has 1 aromatic carbocycles. The van der Waals surface area contributed by atoms with Gasteiger partial charge in [-0.25, -0.2) is 13.1 Å². The third kappa shape index (κ3) is 4.52. The van der Waals surface area contributed by atoms with Crippen molar-refractivity contribution in [2.45, 2.75) is 37.0 Å². The molecule has 2 rings (SSSR count). The van der Waals surface area contributed by atoms with Crippen molar-refractivity contribution in [1.82, 2.24) is 9.62 Å². The van der Waals surface area contributed by atoms with Crippen LogP contribution in [0.25, 0.3) is 0 Å². The van der Waals surface area contributed by atoms with E-state index in [1.807, 2.05) is 4.90 Å². The van der Waals surface area contributed by atoms with Gasteiger partial charge in [0.05, 0.1) is 23.5 Å². The lowest BCUT2D eigenvalue weighted by Gasteiger charge is -2.31. The monoisotopic (exact) mass is 380 g/mol.